The minimum atomic E-state index is 0.219. The molecule has 1 aliphatic rings. The molecule has 1 N–H and O–H groups in total. The van der Waals surface area contributed by atoms with Crippen molar-refractivity contribution in [3.8, 4) is 0 Å². The molecule has 126 valence electrons. The normalized spacial score (nSPS) is 22.4. The maximum Gasteiger partial charge on any atom is 0.00967 e. The maximum absolute atomic E-state index is 3.74. The van der Waals surface area contributed by atoms with Crippen molar-refractivity contribution < 1.29 is 0 Å². The molecule has 1 heterocycles. The van der Waals surface area contributed by atoms with Crippen LogP contribution >= 0.6 is 0 Å². The van der Waals surface area contributed by atoms with Crippen molar-refractivity contribution in [2.24, 2.45) is 10.8 Å². The van der Waals surface area contributed by atoms with Gasteiger partial charge in [0.15, 0.2) is 0 Å². The lowest BCUT2D eigenvalue weighted by atomic mass is 9.81. The summed E-state index contributed by atoms with van der Waals surface area (Å²) in [6.45, 7) is 21.4. The summed E-state index contributed by atoms with van der Waals surface area (Å²) in [7, 11) is 0. The second kappa shape index (κ2) is 7.46. The molecule has 0 aromatic rings. The third-order valence-corrected chi connectivity index (χ3v) is 5.52. The predicted octanol–water partition coefficient (Wildman–Crippen LogP) is 4.69. The second-order valence-electron chi connectivity index (χ2n) is 8.83. The summed E-state index contributed by atoms with van der Waals surface area (Å²) >= 11 is 0. The van der Waals surface area contributed by atoms with Gasteiger partial charge in [-0.3, -0.25) is 0 Å². The van der Waals surface area contributed by atoms with Crippen molar-refractivity contribution in [3.05, 3.63) is 0 Å². The van der Waals surface area contributed by atoms with E-state index in [9.17, 15) is 0 Å². The smallest absolute Gasteiger partial charge is 0.00967 e. The van der Waals surface area contributed by atoms with Crippen molar-refractivity contribution in [3.63, 3.8) is 0 Å². The molecule has 0 aromatic heterocycles. The summed E-state index contributed by atoms with van der Waals surface area (Å²) in [6.07, 6.45) is 6.67. The van der Waals surface area contributed by atoms with Gasteiger partial charge in [0.25, 0.3) is 0 Å². The largest absolute Gasteiger partial charge is 0.311 e. The number of nitrogens with one attached hydrogen (secondary N) is 1. The minimum absolute atomic E-state index is 0.219. The Kier molecular flexibility index (Phi) is 6.74. The summed E-state index contributed by atoms with van der Waals surface area (Å²) < 4.78 is 0. The van der Waals surface area contributed by atoms with E-state index in [0.717, 1.165) is 6.54 Å². The molecule has 1 saturated heterocycles. The van der Waals surface area contributed by atoms with Crippen LogP contribution in [0.15, 0.2) is 0 Å². The standard InChI is InChI=1S/C19H40N2/c1-8-11-18(7,14-20-17(4,5)6)15-21-13-12-19(9-2,10-3)16-21/h20H,8-16H2,1-7H3. The molecular weight excluding hydrogens is 256 g/mol. The molecule has 2 heteroatoms. The first-order valence-corrected chi connectivity index (χ1v) is 9.15. The van der Waals surface area contributed by atoms with Crippen LogP contribution in [0.1, 0.15) is 80.6 Å². The Bertz CT molecular complexity index is 301. The summed E-state index contributed by atoms with van der Waals surface area (Å²) in [4.78, 5) is 2.74. The van der Waals surface area contributed by atoms with Crippen LogP contribution in [0.2, 0.25) is 0 Å². The van der Waals surface area contributed by atoms with Crippen molar-refractivity contribution in [1.82, 2.24) is 10.2 Å². The highest BCUT2D eigenvalue weighted by molar-refractivity contribution is 4.92. The van der Waals surface area contributed by atoms with E-state index in [1.165, 1.54) is 51.7 Å². The lowest BCUT2D eigenvalue weighted by molar-refractivity contribution is 0.144. The zero-order chi connectivity index (χ0) is 16.1. The van der Waals surface area contributed by atoms with Gasteiger partial charge in [-0.2, -0.15) is 0 Å². The summed E-state index contributed by atoms with van der Waals surface area (Å²) in [5.41, 5.74) is 1.22. The first-order valence-electron chi connectivity index (χ1n) is 9.15. The molecule has 0 saturated carbocycles. The van der Waals surface area contributed by atoms with E-state index >= 15 is 0 Å². The molecule has 1 aliphatic heterocycles. The van der Waals surface area contributed by atoms with Crippen molar-refractivity contribution >= 4 is 0 Å². The SMILES string of the molecule is CCCC(C)(CNC(C)(C)C)CN1CCC(CC)(CC)C1. The Hall–Kier alpha value is -0.0800. The van der Waals surface area contributed by atoms with E-state index in [0.29, 0.717) is 10.8 Å². The van der Waals surface area contributed by atoms with Gasteiger partial charge in [0.1, 0.15) is 0 Å². The van der Waals surface area contributed by atoms with Crippen LogP contribution in [0.4, 0.5) is 0 Å². The van der Waals surface area contributed by atoms with E-state index in [-0.39, 0.29) is 5.54 Å². The Morgan fingerprint density at radius 3 is 2.10 bits per heavy atom. The topological polar surface area (TPSA) is 15.3 Å². The number of nitrogens with zero attached hydrogens (tertiary/aromatic N) is 1. The number of hydrogen-bond donors (Lipinski definition) is 1. The van der Waals surface area contributed by atoms with Gasteiger partial charge in [0.2, 0.25) is 0 Å². The van der Waals surface area contributed by atoms with E-state index in [4.69, 9.17) is 0 Å². The predicted molar refractivity (Wildman–Crippen MR) is 94.8 cm³/mol. The molecule has 0 amide bonds. The van der Waals surface area contributed by atoms with Gasteiger partial charge in [-0.15, -0.1) is 0 Å². The van der Waals surface area contributed by atoms with Gasteiger partial charge < -0.3 is 10.2 Å². The molecule has 1 rings (SSSR count). The Labute approximate surface area is 134 Å². The number of hydrogen-bond acceptors (Lipinski definition) is 2. The van der Waals surface area contributed by atoms with E-state index in [1.807, 2.05) is 0 Å². The number of rotatable bonds is 8. The molecule has 0 aromatic carbocycles. The highest BCUT2D eigenvalue weighted by atomic mass is 15.2. The quantitative estimate of drug-likeness (QED) is 0.699. The average molecular weight is 297 g/mol. The minimum Gasteiger partial charge on any atom is -0.311 e. The second-order valence-corrected chi connectivity index (χ2v) is 8.83. The fourth-order valence-electron chi connectivity index (χ4n) is 3.84. The van der Waals surface area contributed by atoms with E-state index in [2.05, 4.69) is 58.7 Å². The summed E-state index contributed by atoms with van der Waals surface area (Å²) in [5.74, 6) is 0. The van der Waals surface area contributed by atoms with Crippen LogP contribution in [0.25, 0.3) is 0 Å². The highest BCUT2D eigenvalue weighted by Crippen LogP contribution is 2.38. The maximum atomic E-state index is 3.74. The molecule has 2 nitrogen and oxygen atoms in total. The van der Waals surface area contributed by atoms with Crippen LogP contribution < -0.4 is 5.32 Å². The van der Waals surface area contributed by atoms with E-state index < -0.39 is 0 Å². The first-order chi connectivity index (χ1) is 9.67. The third kappa shape index (κ3) is 5.90. The molecule has 0 bridgehead atoms. The fraction of sp³-hybridized carbons (Fsp3) is 1.00. The van der Waals surface area contributed by atoms with Crippen molar-refractivity contribution in [2.45, 2.75) is 86.1 Å². The molecule has 0 aliphatic carbocycles. The molecule has 0 radical (unpaired) electrons. The molecule has 1 fully saturated rings. The zero-order valence-corrected chi connectivity index (χ0v) is 15.8. The van der Waals surface area contributed by atoms with Crippen LogP contribution in [0.5, 0.6) is 0 Å². The monoisotopic (exact) mass is 296 g/mol. The Balaban J connectivity index is 2.62. The molecule has 1 unspecified atom stereocenters. The van der Waals surface area contributed by atoms with Crippen LogP contribution in [-0.4, -0.2) is 36.6 Å². The van der Waals surface area contributed by atoms with Crippen LogP contribution in [-0.2, 0) is 0 Å². The lowest BCUT2D eigenvalue weighted by Gasteiger charge is -2.37. The molecular formula is C19H40N2. The summed E-state index contributed by atoms with van der Waals surface area (Å²) in [6, 6.07) is 0. The van der Waals surface area contributed by atoms with Gasteiger partial charge >= 0.3 is 0 Å². The highest BCUT2D eigenvalue weighted by Gasteiger charge is 2.37. The fourth-order valence-corrected chi connectivity index (χ4v) is 3.84. The van der Waals surface area contributed by atoms with E-state index in [1.54, 1.807) is 0 Å². The Morgan fingerprint density at radius 1 is 1.05 bits per heavy atom. The van der Waals surface area contributed by atoms with Gasteiger partial charge in [0, 0.05) is 25.2 Å². The van der Waals surface area contributed by atoms with Gasteiger partial charge in [0.05, 0.1) is 0 Å². The average Bonchev–Trinajstić information content (AvgIpc) is 2.80. The number of likely N-dealkylation sites (tertiary alicyclic amines) is 1. The van der Waals surface area contributed by atoms with Gasteiger partial charge in [-0.05, 0) is 63.8 Å². The lowest BCUT2D eigenvalue weighted by Crippen LogP contribution is -2.47. The summed E-state index contributed by atoms with van der Waals surface area (Å²) in [5, 5.41) is 3.74. The zero-order valence-electron chi connectivity index (χ0n) is 15.8. The van der Waals surface area contributed by atoms with Crippen LogP contribution in [0.3, 0.4) is 0 Å². The first kappa shape index (κ1) is 19.0. The van der Waals surface area contributed by atoms with Crippen molar-refractivity contribution in [1.29, 1.82) is 0 Å². The van der Waals surface area contributed by atoms with Gasteiger partial charge in [-0.25, -0.2) is 0 Å². The molecule has 0 spiro atoms. The Morgan fingerprint density at radius 2 is 1.67 bits per heavy atom. The van der Waals surface area contributed by atoms with Gasteiger partial charge in [-0.1, -0.05) is 34.1 Å². The third-order valence-electron chi connectivity index (χ3n) is 5.52. The molecule has 1 atom stereocenters. The van der Waals surface area contributed by atoms with Crippen molar-refractivity contribution in [2.75, 3.05) is 26.2 Å². The molecule has 21 heavy (non-hydrogen) atoms. The van der Waals surface area contributed by atoms with Crippen LogP contribution in [0, 0.1) is 10.8 Å².